The van der Waals surface area contributed by atoms with Crippen molar-refractivity contribution < 1.29 is 4.79 Å². The average molecular weight is 293 g/mol. The molecule has 0 spiro atoms. The number of carbonyl (C=O) groups excluding carboxylic acids is 1. The highest BCUT2D eigenvalue weighted by Gasteiger charge is 2.41. The van der Waals surface area contributed by atoms with E-state index in [0.29, 0.717) is 5.91 Å². The highest BCUT2D eigenvalue weighted by molar-refractivity contribution is 5.83. The molecule has 4 heteroatoms. The van der Waals surface area contributed by atoms with Crippen molar-refractivity contribution in [1.29, 1.82) is 0 Å². The van der Waals surface area contributed by atoms with Crippen LogP contribution in [-0.2, 0) is 4.79 Å². The molecule has 2 heterocycles. The monoisotopic (exact) mass is 293 g/mol. The molecule has 1 saturated carbocycles. The third-order valence-corrected chi connectivity index (χ3v) is 5.62. The third kappa shape index (κ3) is 3.59. The summed E-state index contributed by atoms with van der Waals surface area (Å²) in [5.74, 6) is 1.42. The summed E-state index contributed by atoms with van der Waals surface area (Å²) in [5, 5.41) is 3.41. The quantitative estimate of drug-likeness (QED) is 0.838. The van der Waals surface area contributed by atoms with Crippen LogP contribution in [0.15, 0.2) is 0 Å². The number of rotatable bonds is 5. The van der Waals surface area contributed by atoms with E-state index in [0.717, 1.165) is 70.9 Å². The first-order valence-corrected chi connectivity index (χ1v) is 8.96. The SMILES string of the molecule is CCCC1(C(=O)N2CCN(CC3CC3)CC2)CCNCC1. The van der Waals surface area contributed by atoms with Crippen LogP contribution < -0.4 is 5.32 Å². The van der Waals surface area contributed by atoms with Gasteiger partial charge in [0.1, 0.15) is 0 Å². The molecule has 4 nitrogen and oxygen atoms in total. The number of hydrogen-bond donors (Lipinski definition) is 1. The first kappa shape index (κ1) is 15.3. The number of amides is 1. The van der Waals surface area contributed by atoms with Gasteiger partial charge in [-0.15, -0.1) is 0 Å². The fourth-order valence-corrected chi connectivity index (χ4v) is 4.09. The predicted molar refractivity (Wildman–Crippen MR) is 85.2 cm³/mol. The van der Waals surface area contributed by atoms with E-state index in [-0.39, 0.29) is 5.41 Å². The second-order valence-corrected chi connectivity index (χ2v) is 7.32. The fraction of sp³-hybridized carbons (Fsp3) is 0.941. The summed E-state index contributed by atoms with van der Waals surface area (Å²) in [6.45, 7) is 9.57. The van der Waals surface area contributed by atoms with E-state index in [2.05, 4.69) is 22.0 Å². The molecule has 0 aromatic carbocycles. The number of hydrogen-bond acceptors (Lipinski definition) is 3. The van der Waals surface area contributed by atoms with Crippen LogP contribution in [-0.4, -0.2) is 61.5 Å². The fourth-order valence-electron chi connectivity index (χ4n) is 4.09. The van der Waals surface area contributed by atoms with Crippen molar-refractivity contribution in [2.75, 3.05) is 45.8 Å². The molecule has 2 aliphatic heterocycles. The molecule has 0 aromatic rings. The van der Waals surface area contributed by atoms with Crippen LogP contribution >= 0.6 is 0 Å². The predicted octanol–water partition coefficient (Wildman–Crippen LogP) is 1.71. The first-order chi connectivity index (χ1) is 10.2. The normalized spacial score (nSPS) is 26.8. The van der Waals surface area contributed by atoms with Crippen molar-refractivity contribution >= 4 is 5.91 Å². The van der Waals surface area contributed by atoms with Crippen molar-refractivity contribution in [3.05, 3.63) is 0 Å². The Morgan fingerprint density at radius 3 is 2.38 bits per heavy atom. The minimum Gasteiger partial charge on any atom is -0.340 e. The maximum atomic E-state index is 13.1. The molecular formula is C17H31N3O. The summed E-state index contributed by atoms with van der Waals surface area (Å²) in [6, 6.07) is 0. The van der Waals surface area contributed by atoms with Gasteiger partial charge in [-0.1, -0.05) is 13.3 Å². The van der Waals surface area contributed by atoms with Crippen LogP contribution in [0.25, 0.3) is 0 Å². The van der Waals surface area contributed by atoms with Gasteiger partial charge in [0.15, 0.2) is 0 Å². The number of carbonyl (C=O) groups is 1. The number of nitrogens with zero attached hydrogens (tertiary/aromatic N) is 2. The summed E-state index contributed by atoms with van der Waals surface area (Å²) in [4.78, 5) is 17.8. The summed E-state index contributed by atoms with van der Waals surface area (Å²) < 4.78 is 0. The molecule has 0 atom stereocenters. The van der Waals surface area contributed by atoms with E-state index in [4.69, 9.17) is 0 Å². The molecule has 0 radical (unpaired) electrons. The average Bonchev–Trinajstić information content (AvgIpc) is 3.33. The lowest BCUT2D eigenvalue weighted by Gasteiger charge is -2.43. The van der Waals surface area contributed by atoms with Crippen LogP contribution in [0.2, 0.25) is 0 Å². The summed E-state index contributed by atoms with van der Waals surface area (Å²) in [5.41, 5.74) is -0.0569. The number of nitrogens with one attached hydrogen (secondary N) is 1. The van der Waals surface area contributed by atoms with Gasteiger partial charge in [-0.25, -0.2) is 0 Å². The lowest BCUT2D eigenvalue weighted by molar-refractivity contribution is -0.146. The van der Waals surface area contributed by atoms with Crippen LogP contribution in [0.5, 0.6) is 0 Å². The Hall–Kier alpha value is -0.610. The zero-order valence-corrected chi connectivity index (χ0v) is 13.6. The second-order valence-electron chi connectivity index (χ2n) is 7.32. The van der Waals surface area contributed by atoms with Crippen LogP contribution in [0, 0.1) is 11.3 Å². The van der Waals surface area contributed by atoms with Gasteiger partial charge < -0.3 is 10.2 Å². The minimum atomic E-state index is -0.0569. The summed E-state index contributed by atoms with van der Waals surface area (Å²) >= 11 is 0. The topological polar surface area (TPSA) is 35.6 Å². The van der Waals surface area contributed by atoms with Gasteiger partial charge in [-0.2, -0.15) is 0 Å². The Bertz CT molecular complexity index is 348. The van der Waals surface area contributed by atoms with Gasteiger partial charge in [0.2, 0.25) is 5.91 Å². The van der Waals surface area contributed by atoms with E-state index >= 15 is 0 Å². The minimum absolute atomic E-state index is 0.0569. The second kappa shape index (κ2) is 6.66. The Morgan fingerprint density at radius 2 is 1.81 bits per heavy atom. The molecule has 2 saturated heterocycles. The molecule has 1 amide bonds. The molecule has 1 aliphatic carbocycles. The van der Waals surface area contributed by atoms with E-state index in [1.54, 1.807) is 0 Å². The zero-order chi connectivity index (χ0) is 14.7. The number of piperidine rings is 1. The molecule has 21 heavy (non-hydrogen) atoms. The standard InChI is InChI=1S/C17H31N3O/c1-2-5-17(6-8-18-9-7-17)16(21)20-12-10-19(11-13-20)14-15-3-4-15/h15,18H,2-14H2,1H3. The van der Waals surface area contributed by atoms with Crippen LogP contribution in [0.3, 0.4) is 0 Å². The molecule has 3 aliphatic rings. The molecular weight excluding hydrogens is 262 g/mol. The molecule has 3 fully saturated rings. The zero-order valence-electron chi connectivity index (χ0n) is 13.6. The molecule has 1 N–H and O–H groups in total. The van der Waals surface area contributed by atoms with Crippen molar-refractivity contribution in [3.8, 4) is 0 Å². The highest BCUT2D eigenvalue weighted by Crippen LogP contribution is 2.36. The Labute approximate surface area is 129 Å². The maximum Gasteiger partial charge on any atom is 0.228 e. The van der Waals surface area contributed by atoms with Crippen LogP contribution in [0.4, 0.5) is 0 Å². The molecule has 0 aromatic heterocycles. The first-order valence-electron chi connectivity index (χ1n) is 8.96. The smallest absolute Gasteiger partial charge is 0.228 e. The van der Waals surface area contributed by atoms with Gasteiger partial charge in [0, 0.05) is 32.7 Å². The van der Waals surface area contributed by atoms with Crippen molar-refractivity contribution in [2.45, 2.75) is 45.4 Å². The van der Waals surface area contributed by atoms with E-state index in [9.17, 15) is 4.79 Å². The van der Waals surface area contributed by atoms with Gasteiger partial charge in [-0.3, -0.25) is 9.69 Å². The van der Waals surface area contributed by atoms with Crippen LogP contribution in [0.1, 0.15) is 45.4 Å². The van der Waals surface area contributed by atoms with Crippen molar-refractivity contribution in [1.82, 2.24) is 15.1 Å². The Morgan fingerprint density at radius 1 is 1.14 bits per heavy atom. The van der Waals surface area contributed by atoms with Crippen molar-refractivity contribution in [3.63, 3.8) is 0 Å². The van der Waals surface area contributed by atoms with E-state index in [1.807, 2.05) is 0 Å². The Balaban J connectivity index is 1.55. The van der Waals surface area contributed by atoms with Crippen molar-refractivity contribution in [2.24, 2.45) is 11.3 Å². The summed E-state index contributed by atoms with van der Waals surface area (Å²) in [7, 11) is 0. The number of piperazine rings is 1. The van der Waals surface area contributed by atoms with Gasteiger partial charge in [0.05, 0.1) is 5.41 Å². The molecule has 0 unspecified atom stereocenters. The third-order valence-electron chi connectivity index (χ3n) is 5.62. The summed E-state index contributed by atoms with van der Waals surface area (Å²) in [6.07, 6.45) is 7.09. The van der Waals surface area contributed by atoms with Gasteiger partial charge in [-0.05, 0) is 51.1 Å². The maximum absolute atomic E-state index is 13.1. The van der Waals surface area contributed by atoms with E-state index in [1.165, 1.54) is 19.4 Å². The Kier molecular flexibility index (Phi) is 4.85. The highest BCUT2D eigenvalue weighted by atomic mass is 16.2. The lowest BCUT2D eigenvalue weighted by Crippen LogP contribution is -2.55. The van der Waals surface area contributed by atoms with Gasteiger partial charge >= 0.3 is 0 Å². The largest absolute Gasteiger partial charge is 0.340 e. The molecule has 3 rings (SSSR count). The van der Waals surface area contributed by atoms with Gasteiger partial charge in [0.25, 0.3) is 0 Å². The molecule has 0 bridgehead atoms. The van der Waals surface area contributed by atoms with E-state index < -0.39 is 0 Å². The lowest BCUT2D eigenvalue weighted by atomic mass is 9.74. The molecule has 120 valence electrons.